The van der Waals surface area contributed by atoms with E-state index in [2.05, 4.69) is 44.8 Å². The first-order valence-electron chi connectivity index (χ1n) is 5.03. The Morgan fingerprint density at radius 3 is 2.60 bits per heavy atom. The average molecular weight is 202 g/mol. The highest BCUT2D eigenvalue weighted by atomic mass is 15.2. The van der Waals surface area contributed by atoms with Gasteiger partial charge in [0.1, 0.15) is 12.7 Å². The number of hydrogen-bond acceptors (Lipinski definition) is 3. The van der Waals surface area contributed by atoms with E-state index in [1.807, 2.05) is 0 Å². The molecule has 2 aromatic rings. The maximum Gasteiger partial charge on any atom is 0.137 e. The number of aromatic nitrogens is 3. The van der Waals surface area contributed by atoms with Gasteiger partial charge >= 0.3 is 0 Å². The Bertz CT molecular complexity index is 341. The predicted molar refractivity (Wildman–Crippen MR) is 58.2 cm³/mol. The van der Waals surface area contributed by atoms with Crippen LogP contribution >= 0.6 is 0 Å². The van der Waals surface area contributed by atoms with Crippen molar-refractivity contribution in [3.63, 3.8) is 0 Å². The van der Waals surface area contributed by atoms with E-state index in [0.717, 1.165) is 13.1 Å². The summed E-state index contributed by atoms with van der Waals surface area (Å²) in [5.41, 5.74) is 2.98. The van der Waals surface area contributed by atoms with Crippen molar-refractivity contribution < 1.29 is 0 Å². The molecule has 3 rings (SSSR count). The fourth-order valence-corrected chi connectivity index (χ4v) is 1.59. The lowest BCUT2D eigenvalue weighted by molar-refractivity contribution is 0.644. The Morgan fingerprint density at radius 1 is 1.13 bits per heavy atom. The lowest BCUT2D eigenvalue weighted by atomic mass is 10.0. The van der Waals surface area contributed by atoms with Gasteiger partial charge in [0.15, 0.2) is 0 Å². The highest BCUT2D eigenvalue weighted by Crippen LogP contribution is 2.11. The highest BCUT2D eigenvalue weighted by molar-refractivity contribution is 5.28. The molecule has 0 radical (unpaired) electrons. The zero-order valence-electron chi connectivity index (χ0n) is 8.48. The molecule has 0 spiro atoms. The Kier molecular flexibility index (Phi) is 3.46. The fraction of sp³-hybridized carbons (Fsp3) is 0.273. The van der Waals surface area contributed by atoms with Crippen LogP contribution in [0.15, 0.2) is 36.9 Å². The normalized spacial score (nSPS) is 13.6. The third kappa shape index (κ3) is 2.89. The van der Waals surface area contributed by atoms with Gasteiger partial charge in [-0.3, -0.25) is 5.10 Å². The molecule has 4 nitrogen and oxygen atoms in total. The van der Waals surface area contributed by atoms with Gasteiger partial charge in [0.25, 0.3) is 0 Å². The molecule has 2 heterocycles. The van der Waals surface area contributed by atoms with Gasteiger partial charge in [-0.05, 0) is 24.1 Å². The number of aromatic amines is 1. The second-order valence-corrected chi connectivity index (χ2v) is 3.35. The SMILES string of the molecule is c1ccc2c(c1)CCNC2.c1nc[nH]n1. The summed E-state index contributed by atoms with van der Waals surface area (Å²) in [7, 11) is 0. The van der Waals surface area contributed by atoms with Gasteiger partial charge in [-0.2, -0.15) is 5.10 Å². The molecule has 0 aliphatic carbocycles. The molecule has 0 saturated carbocycles. The first-order chi connectivity index (χ1) is 7.47. The van der Waals surface area contributed by atoms with Gasteiger partial charge in [-0.25, -0.2) is 4.98 Å². The van der Waals surface area contributed by atoms with Crippen LogP contribution < -0.4 is 5.32 Å². The Labute approximate surface area is 88.8 Å². The highest BCUT2D eigenvalue weighted by Gasteiger charge is 2.05. The van der Waals surface area contributed by atoms with Gasteiger partial charge in [-0.15, -0.1) is 0 Å². The summed E-state index contributed by atoms with van der Waals surface area (Å²) >= 11 is 0. The second kappa shape index (κ2) is 5.26. The zero-order valence-corrected chi connectivity index (χ0v) is 8.48. The van der Waals surface area contributed by atoms with Gasteiger partial charge in [0.2, 0.25) is 0 Å². The van der Waals surface area contributed by atoms with E-state index in [9.17, 15) is 0 Å². The third-order valence-electron chi connectivity index (χ3n) is 2.34. The standard InChI is InChI=1S/C9H11N.C2H3N3/c1-2-4-9-7-10-6-5-8(9)3-1;1-3-2-5-4-1/h1-4,10H,5-7H2;1-2H,(H,3,4,5). The lowest BCUT2D eigenvalue weighted by Crippen LogP contribution is -2.23. The van der Waals surface area contributed by atoms with Gasteiger partial charge in [0, 0.05) is 6.54 Å². The summed E-state index contributed by atoms with van der Waals surface area (Å²) < 4.78 is 0. The largest absolute Gasteiger partial charge is 0.312 e. The second-order valence-electron chi connectivity index (χ2n) is 3.35. The van der Waals surface area contributed by atoms with Crippen LogP contribution in [0.3, 0.4) is 0 Å². The van der Waals surface area contributed by atoms with Gasteiger partial charge in [0.05, 0.1) is 0 Å². The van der Waals surface area contributed by atoms with Crippen molar-refractivity contribution in [3.05, 3.63) is 48.0 Å². The lowest BCUT2D eigenvalue weighted by Gasteiger charge is -2.15. The molecule has 0 bridgehead atoms. The minimum Gasteiger partial charge on any atom is -0.312 e. The maximum absolute atomic E-state index is 3.56. The number of benzene rings is 1. The summed E-state index contributed by atoms with van der Waals surface area (Å²) in [5, 5.41) is 9.33. The topological polar surface area (TPSA) is 53.6 Å². The fourth-order valence-electron chi connectivity index (χ4n) is 1.59. The summed E-state index contributed by atoms with van der Waals surface area (Å²) in [6.45, 7) is 2.19. The predicted octanol–water partition coefficient (Wildman–Crippen LogP) is 1.14. The van der Waals surface area contributed by atoms with Crippen molar-refractivity contribution in [2.75, 3.05) is 6.54 Å². The van der Waals surface area contributed by atoms with Crippen molar-refractivity contribution in [1.29, 1.82) is 0 Å². The minimum absolute atomic E-state index is 1.05. The first-order valence-corrected chi connectivity index (χ1v) is 5.03. The van der Waals surface area contributed by atoms with E-state index >= 15 is 0 Å². The Hall–Kier alpha value is -1.68. The number of H-pyrrole nitrogens is 1. The summed E-state index contributed by atoms with van der Waals surface area (Å²) in [5.74, 6) is 0. The number of rotatable bonds is 0. The number of hydrogen-bond donors (Lipinski definition) is 2. The molecule has 0 saturated heterocycles. The first kappa shape index (κ1) is 9.86. The van der Waals surface area contributed by atoms with Gasteiger partial charge < -0.3 is 5.32 Å². The molecule has 15 heavy (non-hydrogen) atoms. The summed E-state index contributed by atoms with van der Waals surface area (Å²) in [4.78, 5) is 3.56. The Morgan fingerprint density at radius 2 is 2.00 bits per heavy atom. The van der Waals surface area contributed by atoms with Crippen molar-refractivity contribution in [3.8, 4) is 0 Å². The minimum atomic E-state index is 1.05. The third-order valence-corrected chi connectivity index (χ3v) is 2.34. The quantitative estimate of drug-likeness (QED) is 0.673. The Balaban J connectivity index is 0.000000144. The smallest absolute Gasteiger partial charge is 0.137 e. The van der Waals surface area contributed by atoms with Crippen molar-refractivity contribution in [2.45, 2.75) is 13.0 Å². The number of nitrogens with one attached hydrogen (secondary N) is 2. The van der Waals surface area contributed by atoms with E-state index < -0.39 is 0 Å². The van der Waals surface area contributed by atoms with Crippen LogP contribution in [-0.2, 0) is 13.0 Å². The molecule has 0 fully saturated rings. The molecule has 0 atom stereocenters. The molecule has 78 valence electrons. The van der Waals surface area contributed by atoms with Crippen LogP contribution in [0, 0.1) is 0 Å². The van der Waals surface area contributed by atoms with Crippen molar-refractivity contribution >= 4 is 0 Å². The van der Waals surface area contributed by atoms with Crippen molar-refractivity contribution in [1.82, 2.24) is 20.5 Å². The van der Waals surface area contributed by atoms with E-state index in [1.165, 1.54) is 30.2 Å². The van der Waals surface area contributed by atoms with Crippen LogP contribution in [-0.4, -0.2) is 21.7 Å². The molecule has 1 aliphatic heterocycles. The van der Waals surface area contributed by atoms with Crippen LogP contribution in [0.1, 0.15) is 11.1 Å². The molecular formula is C11H14N4. The maximum atomic E-state index is 3.56. The monoisotopic (exact) mass is 202 g/mol. The number of nitrogens with zero attached hydrogens (tertiary/aromatic N) is 2. The summed E-state index contributed by atoms with van der Waals surface area (Å²) in [6, 6.07) is 8.63. The number of fused-ring (bicyclic) bond motifs is 1. The van der Waals surface area contributed by atoms with E-state index in [0.29, 0.717) is 0 Å². The molecule has 1 aromatic heterocycles. The van der Waals surface area contributed by atoms with Crippen LogP contribution in [0.4, 0.5) is 0 Å². The molecule has 4 heteroatoms. The van der Waals surface area contributed by atoms with Gasteiger partial charge in [-0.1, -0.05) is 24.3 Å². The summed E-state index contributed by atoms with van der Waals surface area (Å²) in [6.07, 6.45) is 4.15. The zero-order chi connectivity index (χ0) is 10.3. The molecule has 1 aromatic carbocycles. The van der Waals surface area contributed by atoms with E-state index in [1.54, 1.807) is 0 Å². The average Bonchev–Trinajstić information content (AvgIpc) is 2.88. The van der Waals surface area contributed by atoms with E-state index in [4.69, 9.17) is 0 Å². The molecule has 0 amide bonds. The van der Waals surface area contributed by atoms with Crippen LogP contribution in [0.5, 0.6) is 0 Å². The van der Waals surface area contributed by atoms with Crippen molar-refractivity contribution in [2.24, 2.45) is 0 Å². The molecule has 2 N–H and O–H groups in total. The molecule has 1 aliphatic rings. The van der Waals surface area contributed by atoms with Crippen LogP contribution in [0.2, 0.25) is 0 Å². The molecule has 0 unspecified atom stereocenters. The van der Waals surface area contributed by atoms with E-state index in [-0.39, 0.29) is 0 Å². The van der Waals surface area contributed by atoms with Crippen LogP contribution in [0.25, 0.3) is 0 Å². The molecular weight excluding hydrogens is 188 g/mol.